The highest BCUT2D eigenvalue weighted by atomic mass is 15.3. The Bertz CT molecular complexity index is 1520. The highest BCUT2D eigenvalue weighted by Crippen LogP contribution is 2.62. The van der Waals surface area contributed by atoms with E-state index in [0.717, 1.165) is 0 Å². The molecule has 2 unspecified atom stereocenters. The number of hydrogen-bond acceptors (Lipinski definition) is 2. The van der Waals surface area contributed by atoms with Crippen LogP contribution in [0.3, 0.4) is 0 Å². The van der Waals surface area contributed by atoms with Crippen molar-refractivity contribution in [3.05, 3.63) is 65.2 Å². The lowest BCUT2D eigenvalue weighted by atomic mass is 9.33. The zero-order chi connectivity index (χ0) is 25.0. The fourth-order valence-corrected chi connectivity index (χ4v) is 9.17. The predicted molar refractivity (Wildman–Crippen MR) is 154 cm³/mol. The van der Waals surface area contributed by atoms with E-state index in [2.05, 4.69) is 107 Å². The van der Waals surface area contributed by atoms with Gasteiger partial charge in [-0.25, -0.2) is 0 Å². The number of aryl methyl sites for hydroxylation is 1. The number of benzene rings is 3. The molecule has 0 radical (unpaired) electrons. The number of fused-ring (bicyclic) bond motifs is 7. The minimum atomic E-state index is -0.0195. The monoisotopic (exact) mass is 472 g/mol. The van der Waals surface area contributed by atoms with Gasteiger partial charge in [0.2, 0.25) is 0 Å². The lowest BCUT2D eigenvalue weighted by molar-refractivity contribution is 0.195. The average molecular weight is 472 g/mol. The van der Waals surface area contributed by atoms with Crippen LogP contribution in [0.25, 0.3) is 0 Å². The molecule has 0 saturated heterocycles. The maximum Gasteiger partial charge on any atom is 0.252 e. The molecule has 5 aliphatic rings. The molecule has 0 spiro atoms. The van der Waals surface area contributed by atoms with E-state index in [1.165, 1.54) is 75.9 Å². The number of hydrogen-bond donors (Lipinski definition) is 0. The molecule has 0 bridgehead atoms. The first-order valence-corrected chi connectivity index (χ1v) is 14.1. The molecule has 3 aromatic carbocycles. The molecule has 0 amide bonds. The van der Waals surface area contributed by atoms with Gasteiger partial charge in [-0.05, 0) is 80.2 Å². The summed E-state index contributed by atoms with van der Waals surface area (Å²) in [6.07, 6.45) is 5.20. The Morgan fingerprint density at radius 3 is 2.17 bits per heavy atom. The van der Waals surface area contributed by atoms with Crippen molar-refractivity contribution in [2.45, 2.75) is 96.1 Å². The molecule has 1 saturated carbocycles. The summed E-state index contributed by atoms with van der Waals surface area (Å²) >= 11 is 0. The molecule has 0 aromatic heterocycles. The van der Waals surface area contributed by atoms with Gasteiger partial charge in [-0.2, -0.15) is 0 Å². The topological polar surface area (TPSA) is 6.48 Å². The Morgan fingerprint density at radius 1 is 0.722 bits per heavy atom. The van der Waals surface area contributed by atoms with E-state index in [0.29, 0.717) is 6.71 Å². The lowest BCUT2D eigenvalue weighted by Crippen LogP contribution is -2.65. The van der Waals surface area contributed by atoms with Gasteiger partial charge in [0.15, 0.2) is 0 Å². The molecular formula is C33H37BN2. The van der Waals surface area contributed by atoms with E-state index < -0.39 is 0 Å². The highest BCUT2D eigenvalue weighted by molar-refractivity contribution is 7.00. The molecule has 36 heavy (non-hydrogen) atoms. The van der Waals surface area contributed by atoms with Gasteiger partial charge in [-0.15, -0.1) is 0 Å². The molecule has 0 N–H and O–H groups in total. The van der Waals surface area contributed by atoms with Gasteiger partial charge in [-0.1, -0.05) is 75.6 Å². The molecule has 182 valence electrons. The standard InChI is InChI=1S/C33H37BN2/c1-20-18-22-29-24(19-20)34-23-13-10-12-21-28(23)36(33(7)17-9-8-16-32(21,33)6)26-15-11-14-25(27(26)34)35(29)31(4,5)30(22,2)3/h10-15,18-19H,8-9,16-17H2,1-7H3. The molecule has 8 rings (SSSR count). The van der Waals surface area contributed by atoms with Crippen LogP contribution in [0, 0.1) is 6.92 Å². The summed E-state index contributed by atoms with van der Waals surface area (Å²) in [6.45, 7) is 17.5. The normalized spacial score (nSPS) is 29.0. The Morgan fingerprint density at radius 2 is 1.39 bits per heavy atom. The molecule has 2 nitrogen and oxygen atoms in total. The zero-order valence-electron chi connectivity index (χ0n) is 22.9. The summed E-state index contributed by atoms with van der Waals surface area (Å²) in [4.78, 5) is 5.54. The van der Waals surface area contributed by atoms with Crippen molar-refractivity contribution < 1.29 is 0 Å². The number of para-hydroxylation sites is 1. The lowest BCUT2D eigenvalue weighted by Gasteiger charge is -2.53. The third kappa shape index (κ3) is 1.99. The smallest absolute Gasteiger partial charge is 0.252 e. The Labute approximate surface area is 216 Å². The van der Waals surface area contributed by atoms with Crippen LogP contribution >= 0.6 is 0 Å². The Balaban J connectivity index is 1.53. The molecule has 1 aliphatic carbocycles. The largest absolute Gasteiger partial charge is 0.336 e. The number of nitrogens with zero attached hydrogens (tertiary/aromatic N) is 2. The van der Waals surface area contributed by atoms with Crippen LogP contribution in [0.4, 0.5) is 22.7 Å². The number of anilines is 4. The van der Waals surface area contributed by atoms with Crippen molar-refractivity contribution in [3.63, 3.8) is 0 Å². The van der Waals surface area contributed by atoms with Gasteiger partial charge in [0.25, 0.3) is 6.71 Å². The van der Waals surface area contributed by atoms with E-state index in [1.807, 2.05) is 0 Å². The van der Waals surface area contributed by atoms with Crippen LogP contribution < -0.4 is 26.2 Å². The van der Waals surface area contributed by atoms with Gasteiger partial charge < -0.3 is 9.80 Å². The second kappa shape index (κ2) is 6.06. The van der Waals surface area contributed by atoms with Crippen molar-refractivity contribution in [2.75, 3.05) is 9.80 Å². The van der Waals surface area contributed by atoms with Crippen LogP contribution in [-0.2, 0) is 10.8 Å². The van der Waals surface area contributed by atoms with Gasteiger partial charge in [0.1, 0.15) is 0 Å². The fraction of sp³-hybridized carbons (Fsp3) is 0.455. The van der Waals surface area contributed by atoms with Crippen molar-refractivity contribution in [2.24, 2.45) is 0 Å². The Hall–Kier alpha value is -2.68. The molecule has 3 aromatic rings. The minimum absolute atomic E-state index is 0.0195. The first-order chi connectivity index (χ1) is 17.0. The van der Waals surface area contributed by atoms with E-state index >= 15 is 0 Å². The van der Waals surface area contributed by atoms with Crippen LogP contribution in [0.15, 0.2) is 48.5 Å². The van der Waals surface area contributed by atoms with Gasteiger partial charge in [0.05, 0.1) is 5.54 Å². The summed E-state index contributed by atoms with van der Waals surface area (Å²) in [7, 11) is 0. The summed E-state index contributed by atoms with van der Waals surface area (Å²) < 4.78 is 0. The first-order valence-electron chi connectivity index (χ1n) is 14.1. The van der Waals surface area contributed by atoms with Crippen LogP contribution in [0.2, 0.25) is 0 Å². The van der Waals surface area contributed by atoms with Crippen LogP contribution in [-0.4, -0.2) is 17.8 Å². The van der Waals surface area contributed by atoms with E-state index in [1.54, 1.807) is 5.56 Å². The maximum absolute atomic E-state index is 2.82. The minimum Gasteiger partial charge on any atom is -0.336 e. The molecule has 3 heteroatoms. The van der Waals surface area contributed by atoms with Gasteiger partial charge in [-0.3, -0.25) is 0 Å². The van der Waals surface area contributed by atoms with Crippen LogP contribution in [0.1, 0.15) is 83.9 Å². The summed E-state index contributed by atoms with van der Waals surface area (Å²) in [5, 5.41) is 0. The summed E-state index contributed by atoms with van der Waals surface area (Å²) in [5.74, 6) is 0. The Kier molecular flexibility index (Phi) is 3.61. The zero-order valence-corrected chi connectivity index (χ0v) is 22.9. The van der Waals surface area contributed by atoms with E-state index in [4.69, 9.17) is 0 Å². The first kappa shape index (κ1) is 21.4. The third-order valence-electron chi connectivity index (χ3n) is 11.9. The average Bonchev–Trinajstić information content (AvgIpc) is 3.14. The van der Waals surface area contributed by atoms with Crippen LogP contribution in [0.5, 0.6) is 0 Å². The number of rotatable bonds is 0. The molecule has 1 fully saturated rings. The van der Waals surface area contributed by atoms with Gasteiger partial charge >= 0.3 is 0 Å². The molecule has 2 atom stereocenters. The highest BCUT2D eigenvalue weighted by Gasteiger charge is 2.62. The van der Waals surface area contributed by atoms with E-state index in [-0.39, 0.29) is 21.9 Å². The van der Waals surface area contributed by atoms with Gasteiger partial charge in [0, 0.05) is 39.1 Å². The van der Waals surface area contributed by atoms with Crippen molar-refractivity contribution in [3.8, 4) is 0 Å². The second-order valence-electron chi connectivity index (χ2n) is 13.8. The van der Waals surface area contributed by atoms with Crippen molar-refractivity contribution in [1.29, 1.82) is 0 Å². The maximum atomic E-state index is 2.82. The quantitative estimate of drug-likeness (QED) is 0.366. The third-order valence-corrected chi connectivity index (χ3v) is 11.9. The molecule has 4 aliphatic heterocycles. The fourth-order valence-electron chi connectivity index (χ4n) is 9.17. The molecule has 4 heterocycles. The van der Waals surface area contributed by atoms with Crippen molar-refractivity contribution in [1.82, 2.24) is 0 Å². The second-order valence-corrected chi connectivity index (χ2v) is 13.8. The predicted octanol–water partition coefficient (Wildman–Crippen LogP) is 6.09. The SMILES string of the molecule is Cc1cc2c3c(c1)C(C)(C)C(C)(C)N3c1cccc3c1B2c1cccc2c1N3C1(C)CCCCC21C. The van der Waals surface area contributed by atoms with E-state index in [9.17, 15) is 0 Å². The molecular weight excluding hydrogens is 435 g/mol. The summed E-state index contributed by atoms with van der Waals surface area (Å²) in [6, 6.07) is 19.4. The summed E-state index contributed by atoms with van der Waals surface area (Å²) in [5.41, 5.74) is 15.3. The van der Waals surface area contributed by atoms with Crippen molar-refractivity contribution >= 4 is 45.9 Å².